The number of alkyl halides is 1. The molecular formula is C41H87Cl2N4NaO8. The maximum absolute atomic E-state index is 12.6. The van der Waals surface area contributed by atoms with Crippen LogP contribution in [0.2, 0.25) is 0 Å². The second-order valence-electron chi connectivity index (χ2n) is 14.0. The number of nitrogens with two attached hydrogens (primary N) is 1. The maximum Gasteiger partial charge on any atom is 1.00 e. The number of aliphatic hydroxyl groups is 1. The Morgan fingerprint density at radius 1 is 0.571 bits per heavy atom. The summed E-state index contributed by atoms with van der Waals surface area (Å²) in [4.78, 5) is 48.7. The van der Waals surface area contributed by atoms with Gasteiger partial charge in [-0.2, -0.15) is 0 Å². The van der Waals surface area contributed by atoms with Crippen LogP contribution in [0.4, 0.5) is 0 Å². The number of hydrogen-bond acceptors (Lipinski definition) is 8. The van der Waals surface area contributed by atoms with E-state index in [0.29, 0.717) is 23.7 Å². The van der Waals surface area contributed by atoms with E-state index >= 15 is 0 Å². The molecule has 0 aliphatic rings. The molecule has 0 radical (unpaired) electrons. The van der Waals surface area contributed by atoms with Crippen LogP contribution in [0.25, 0.3) is 0 Å². The molecule has 0 saturated heterocycles. The first-order valence-corrected chi connectivity index (χ1v) is 21.3. The zero-order valence-corrected chi connectivity index (χ0v) is 41.0. The van der Waals surface area contributed by atoms with Gasteiger partial charge in [-0.25, -0.2) is 0 Å². The fourth-order valence-corrected chi connectivity index (χ4v) is 6.11. The van der Waals surface area contributed by atoms with Crippen LogP contribution in [0.5, 0.6) is 0 Å². The minimum Gasteiger partial charge on any atom is -0.870 e. The summed E-state index contributed by atoms with van der Waals surface area (Å²) in [7, 11) is 1.00. The Kier molecular flexibility index (Phi) is 65.3. The number of unbranched alkanes of at least 4 members (excludes halogenated alkanes) is 4. The van der Waals surface area contributed by atoms with Gasteiger partial charge in [0.1, 0.15) is 5.88 Å². The smallest absolute Gasteiger partial charge is 0.870 e. The van der Waals surface area contributed by atoms with Gasteiger partial charge in [0.15, 0.2) is 0 Å². The number of carbonyl (C=O) groups excluding carboxylic acids is 2. The summed E-state index contributed by atoms with van der Waals surface area (Å²) < 4.78 is 0. The number of carbonyl (C=O) groups is 4. The fraction of sp³-hybridized carbons (Fsp3) is 0.902. The predicted molar refractivity (Wildman–Crippen MR) is 232 cm³/mol. The summed E-state index contributed by atoms with van der Waals surface area (Å²) >= 11 is 5.82. The summed E-state index contributed by atoms with van der Waals surface area (Å²) in [5, 5.41) is 26.1. The number of hydrogen-bond donors (Lipinski definition) is 5. The van der Waals surface area contributed by atoms with E-state index in [9.17, 15) is 19.2 Å². The number of aliphatic hydroxyl groups excluding tert-OH is 1. The van der Waals surface area contributed by atoms with Gasteiger partial charge >= 0.3 is 41.5 Å². The molecule has 0 rings (SSSR count). The average molecular weight is 858 g/mol. The molecule has 2 amide bonds. The summed E-state index contributed by atoms with van der Waals surface area (Å²) in [6, 6.07) is 0. The van der Waals surface area contributed by atoms with E-state index in [4.69, 9.17) is 26.9 Å². The molecule has 0 bridgehead atoms. The topological polar surface area (TPSA) is 204 Å². The Morgan fingerprint density at radius 2 is 0.839 bits per heavy atom. The molecule has 0 heterocycles. The van der Waals surface area contributed by atoms with Crippen LogP contribution < -0.4 is 40.6 Å². The van der Waals surface area contributed by atoms with E-state index in [1.165, 1.54) is 64.2 Å². The van der Waals surface area contributed by atoms with Gasteiger partial charge in [0.2, 0.25) is 11.8 Å². The van der Waals surface area contributed by atoms with Crippen molar-refractivity contribution >= 4 is 47.8 Å². The normalized spacial score (nSPS) is 12.0. The van der Waals surface area contributed by atoms with E-state index in [1.54, 1.807) is 0 Å². The van der Waals surface area contributed by atoms with Crippen LogP contribution in [-0.4, -0.2) is 113 Å². The molecule has 15 heteroatoms. The van der Waals surface area contributed by atoms with E-state index < -0.39 is 11.9 Å². The molecule has 0 saturated carbocycles. The van der Waals surface area contributed by atoms with Crippen LogP contribution in [0.3, 0.4) is 0 Å². The molecule has 334 valence electrons. The van der Waals surface area contributed by atoms with Crippen molar-refractivity contribution in [3.8, 4) is 0 Å². The second-order valence-corrected chi connectivity index (χ2v) is 14.3. The molecule has 0 aromatic carbocycles. The zero-order valence-electron chi connectivity index (χ0n) is 37.5. The van der Waals surface area contributed by atoms with Gasteiger partial charge < -0.3 is 36.3 Å². The van der Waals surface area contributed by atoms with Crippen molar-refractivity contribution in [1.29, 1.82) is 0 Å². The third-order valence-corrected chi connectivity index (χ3v) is 9.86. The second kappa shape index (κ2) is 52.3. The molecular weight excluding hydrogens is 770 g/mol. The van der Waals surface area contributed by atoms with Gasteiger partial charge in [0.05, 0.1) is 19.6 Å². The first-order valence-electron chi connectivity index (χ1n) is 20.8. The molecule has 56 heavy (non-hydrogen) atoms. The number of aliphatic carboxylic acids is 2. The Bertz CT molecular complexity index is 832. The molecule has 0 spiro atoms. The number of carboxylic acid groups (broad SMARTS) is 2. The number of amides is 2. The third-order valence-electron chi connectivity index (χ3n) is 9.63. The Balaban J connectivity index is -0.000000141. The molecule has 0 aromatic heterocycles. The van der Waals surface area contributed by atoms with Crippen LogP contribution in [-0.2, 0) is 19.2 Å². The molecule has 0 aromatic rings. The molecule has 4 atom stereocenters. The Morgan fingerprint density at radius 3 is 1.04 bits per heavy atom. The molecule has 12 nitrogen and oxygen atoms in total. The number of carboxylic acids is 2. The van der Waals surface area contributed by atoms with Gasteiger partial charge in [0, 0.05) is 33.3 Å². The summed E-state index contributed by atoms with van der Waals surface area (Å²) in [5.41, 5.74) is 4.57. The monoisotopic (exact) mass is 857 g/mol. The molecule has 4 unspecified atom stereocenters. The number of nitrogens with one attached hydrogen (secondary N) is 1. The van der Waals surface area contributed by atoms with E-state index in [-0.39, 0.29) is 84.8 Å². The predicted octanol–water partition coefficient (Wildman–Crippen LogP) is 5.30. The first kappa shape index (κ1) is 69.9. The molecule has 0 aliphatic heterocycles. The molecule has 7 N–H and O–H groups in total. The van der Waals surface area contributed by atoms with E-state index in [1.807, 2.05) is 9.80 Å². The van der Waals surface area contributed by atoms with Crippen molar-refractivity contribution in [2.24, 2.45) is 29.4 Å². The zero-order chi connectivity index (χ0) is 41.5. The SMILES string of the molecule is CCCCC(CC)CN(CC(CC)CCCC)C(=O)CCl.CCCCC(CC)CN(CC(CC)CCCC)C(=O)CNCC(=O)O.CO.Cl.NCC(=O)O.[Na+].[OH-]. The van der Waals surface area contributed by atoms with E-state index in [2.05, 4.69) is 66.4 Å². The minimum absolute atomic E-state index is 0. The maximum atomic E-state index is 12.6. The van der Waals surface area contributed by atoms with Crippen LogP contribution in [0.1, 0.15) is 158 Å². The molecule has 0 aliphatic carbocycles. The van der Waals surface area contributed by atoms with Crippen LogP contribution in [0, 0.1) is 23.7 Å². The largest absolute Gasteiger partial charge is 1.00 e. The summed E-state index contributed by atoms with van der Waals surface area (Å²) in [6.07, 6.45) is 19.0. The average Bonchev–Trinajstić information content (AvgIpc) is 3.17. The fourth-order valence-electron chi connectivity index (χ4n) is 5.94. The van der Waals surface area contributed by atoms with E-state index in [0.717, 1.165) is 71.8 Å². The van der Waals surface area contributed by atoms with Crippen molar-refractivity contribution < 1.29 is 69.5 Å². The van der Waals surface area contributed by atoms with Crippen molar-refractivity contribution in [2.75, 3.05) is 58.8 Å². The summed E-state index contributed by atoms with van der Waals surface area (Å²) in [6.45, 7) is 20.8. The minimum atomic E-state index is -0.968. The van der Waals surface area contributed by atoms with Crippen molar-refractivity contribution in [2.45, 2.75) is 158 Å². The first-order chi connectivity index (χ1) is 25.4. The van der Waals surface area contributed by atoms with Gasteiger partial charge in [-0.1, -0.05) is 132 Å². The number of nitrogens with zero attached hydrogens (tertiary/aromatic N) is 2. The Labute approximate surface area is 376 Å². The summed E-state index contributed by atoms with van der Waals surface area (Å²) in [5.74, 6) is 0.690. The number of halogens is 2. The standard InChI is InChI=1S/C20H40N2O3.C18H36ClNO.C2H5NO2.CH4O.ClH.Na.H2O/c1-5-9-11-17(7-3)15-22(16-18(8-4)12-10-6-2)19(23)13-21-14-20(24)25;1-5-9-11-16(7-3)14-20(18(21)13-19)15-17(8-4)12-10-6-2;3-1-2(4)5;1-2;;;/h17-18,21H,5-16H2,1-4H3,(H,24,25);16-17H,5-15H2,1-4H3;1,3H2,(H,4,5);2H,1H3;1H;;1H2/q;;;;;+1;/p-1. The van der Waals surface area contributed by atoms with Crippen molar-refractivity contribution in [3.63, 3.8) is 0 Å². The van der Waals surface area contributed by atoms with Gasteiger partial charge in [-0.3, -0.25) is 24.5 Å². The van der Waals surface area contributed by atoms with Crippen molar-refractivity contribution in [3.05, 3.63) is 0 Å². The van der Waals surface area contributed by atoms with Crippen molar-refractivity contribution in [1.82, 2.24) is 15.1 Å². The van der Waals surface area contributed by atoms with Crippen LogP contribution in [0.15, 0.2) is 0 Å². The quantitative estimate of drug-likeness (QED) is 0.0466. The third kappa shape index (κ3) is 44.4. The van der Waals surface area contributed by atoms with Crippen LogP contribution >= 0.6 is 24.0 Å². The number of rotatable bonds is 30. The van der Waals surface area contributed by atoms with Gasteiger partial charge in [0.25, 0.3) is 0 Å². The van der Waals surface area contributed by atoms with Gasteiger partial charge in [-0.15, -0.1) is 24.0 Å². The van der Waals surface area contributed by atoms with Gasteiger partial charge in [-0.05, 0) is 49.4 Å². The Hall–Kier alpha value is -0.700. The molecule has 0 fully saturated rings.